The quantitative estimate of drug-likeness (QED) is 0.487. The largest absolute Gasteiger partial charge is 0.333 e. The zero-order valence-electron chi connectivity index (χ0n) is 18.1. The van der Waals surface area contributed by atoms with Crippen molar-refractivity contribution in [2.24, 2.45) is 5.92 Å². The molecule has 0 atom stereocenters. The zero-order chi connectivity index (χ0) is 22.7. The molecule has 0 aliphatic heterocycles. The molecule has 0 unspecified atom stereocenters. The Labute approximate surface area is 184 Å². The number of nitrogens with one attached hydrogen (secondary N) is 1. The van der Waals surface area contributed by atoms with Crippen molar-refractivity contribution in [1.29, 1.82) is 0 Å². The molecule has 0 aliphatic rings. The van der Waals surface area contributed by atoms with E-state index in [4.69, 9.17) is 0 Å². The van der Waals surface area contributed by atoms with Crippen molar-refractivity contribution in [2.75, 3.05) is 5.32 Å². The van der Waals surface area contributed by atoms with Crippen molar-refractivity contribution in [1.82, 2.24) is 18.7 Å². The first-order valence-electron chi connectivity index (χ1n) is 10.5. The van der Waals surface area contributed by atoms with E-state index in [1.54, 1.807) is 35.2 Å². The van der Waals surface area contributed by atoms with Crippen LogP contribution in [0.5, 0.6) is 0 Å². The van der Waals surface area contributed by atoms with E-state index in [9.17, 15) is 14.4 Å². The first-order valence-corrected chi connectivity index (χ1v) is 10.5. The number of fused-ring (bicyclic) bond motifs is 1. The van der Waals surface area contributed by atoms with Gasteiger partial charge in [-0.3, -0.25) is 14.2 Å². The van der Waals surface area contributed by atoms with Gasteiger partial charge in [0.05, 0.1) is 12.9 Å². The standard InChI is InChI=1S/C24H25N5O3/c1-17(2)13-27-16-25-22-21(27)23(31)29(15-20(30)26-19-11-7-4-8-12-19)24(32)28(22)14-18-9-5-3-6-10-18/h3-12,16-17H,13-15H2,1-2H3,(H,26,30). The van der Waals surface area contributed by atoms with E-state index < -0.39 is 17.2 Å². The average Bonchev–Trinajstić information content (AvgIpc) is 3.18. The van der Waals surface area contributed by atoms with Crippen LogP contribution in [0, 0.1) is 5.92 Å². The number of amides is 1. The summed E-state index contributed by atoms with van der Waals surface area (Å²) in [4.78, 5) is 43.7. The monoisotopic (exact) mass is 431 g/mol. The Morgan fingerprint density at radius 1 is 0.969 bits per heavy atom. The van der Waals surface area contributed by atoms with Crippen LogP contribution >= 0.6 is 0 Å². The SMILES string of the molecule is CC(C)Cn1cnc2c1c(=O)n(CC(=O)Nc1ccccc1)c(=O)n2Cc1ccccc1. The van der Waals surface area contributed by atoms with E-state index in [1.165, 1.54) is 4.57 Å². The van der Waals surface area contributed by atoms with Crippen LogP contribution < -0.4 is 16.6 Å². The summed E-state index contributed by atoms with van der Waals surface area (Å²) in [5, 5.41) is 2.73. The smallest absolute Gasteiger partial charge is 0.325 e. The predicted molar refractivity (Wildman–Crippen MR) is 124 cm³/mol. The predicted octanol–water partition coefficient (Wildman–Crippen LogP) is 2.70. The van der Waals surface area contributed by atoms with Crippen LogP contribution in [0.15, 0.2) is 76.6 Å². The van der Waals surface area contributed by atoms with Crippen molar-refractivity contribution < 1.29 is 4.79 Å². The number of carbonyl (C=O) groups excluding carboxylic acids is 1. The molecule has 164 valence electrons. The highest BCUT2D eigenvalue weighted by Gasteiger charge is 2.20. The van der Waals surface area contributed by atoms with Gasteiger partial charge in [-0.05, 0) is 23.6 Å². The lowest BCUT2D eigenvalue weighted by Gasteiger charge is -2.13. The Morgan fingerprint density at radius 3 is 2.28 bits per heavy atom. The third-order valence-corrected chi connectivity index (χ3v) is 5.09. The Kier molecular flexibility index (Phi) is 6.02. The Hall–Kier alpha value is -3.94. The number of benzene rings is 2. The van der Waals surface area contributed by atoms with E-state index in [-0.39, 0.29) is 19.0 Å². The van der Waals surface area contributed by atoms with Gasteiger partial charge in [0, 0.05) is 12.2 Å². The molecular formula is C24H25N5O3. The first kappa shape index (κ1) is 21.3. The summed E-state index contributed by atoms with van der Waals surface area (Å²) >= 11 is 0. The van der Waals surface area contributed by atoms with E-state index in [2.05, 4.69) is 10.3 Å². The van der Waals surface area contributed by atoms with E-state index in [1.807, 2.05) is 50.2 Å². The molecule has 0 aliphatic carbocycles. The second-order valence-corrected chi connectivity index (χ2v) is 8.12. The molecule has 0 fully saturated rings. The van der Waals surface area contributed by atoms with Crippen LogP contribution in [-0.2, 0) is 24.4 Å². The van der Waals surface area contributed by atoms with Crippen LogP contribution in [0.1, 0.15) is 19.4 Å². The van der Waals surface area contributed by atoms with E-state index >= 15 is 0 Å². The Balaban J connectivity index is 1.81. The van der Waals surface area contributed by atoms with E-state index in [0.29, 0.717) is 23.4 Å². The van der Waals surface area contributed by atoms with Crippen molar-refractivity contribution in [3.8, 4) is 0 Å². The maximum atomic E-state index is 13.3. The molecule has 0 radical (unpaired) electrons. The normalized spacial score (nSPS) is 11.2. The molecule has 2 aromatic carbocycles. The second kappa shape index (κ2) is 9.05. The highest BCUT2D eigenvalue weighted by molar-refractivity contribution is 5.90. The molecule has 8 heteroatoms. The molecule has 4 rings (SSSR count). The van der Waals surface area contributed by atoms with Gasteiger partial charge in [-0.2, -0.15) is 0 Å². The van der Waals surface area contributed by atoms with Crippen molar-refractivity contribution >= 4 is 22.8 Å². The number of nitrogens with zero attached hydrogens (tertiary/aromatic N) is 4. The van der Waals surface area contributed by atoms with Gasteiger partial charge >= 0.3 is 5.69 Å². The number of aromatic nitrogens is 4. The molecule has 0 saturated heterocycles. The summed E-state index contributed by atoms with van der Waals surface area (Å²) < 4.78 is 4.20. The maximum Gasteiger partial charge on any atom is 0.333 e. The molecule has 0 spiro atoms. The zero-order valence-corrected chi connectivity index (χ0v) is 18.1. The molecule has 4 aromatic rings. The highest BCUT2D eigenvalue weighted by atomic mass is 16.2. The lowest BCUT2D eigenvalue weighted by Crippen LogP contribution is -2.43. The van der Waals surface area contributed by atoms with Crippen LogP contribution in [0.3, 0.4) is 0 Å². The molecule has 32 heavy (non-hydrogen) atoms. The molecule has 2 heterocycles. The average molecular weight is 431 g/mol. The Bertz CT molecular complexity index is 1350. The van der Waals surface area contributed by atoms with Crippen LogP contribution in [-0.4, -0.2) is 24.6 Å². The topological polar surface area (TPSA) is 90.9 Å². The minimum absolute atomic E-state index is 0.245. The summed E-state index contributed by atoms with van der Waals surface area (Å²) in [5.41, 5.74) is 1.06. The minimum Gasteiger partial charge on any atom is -0.325 e. The molecular weight excluding hydrogens is 406 g/mol. The van der Waals surface area contributed by atoms with Gasteiger partial charge in [0.2, 0.25) is 5.91 Å². The summed E-state index contributed by atoms with van der Waals surface area (Å²) in [6.45, 7) is 4.51. The highest BCUT2D eigenvalue weighted by Crippen LogP contribution is 2.12. The molecule has 2 aromatic heterocycles. The lowest BCUT2D eigenvalue weighted by molar-refractivity contribution is -0.116. The molecule has 1 amide bonds. The molecule has 1 N–H and O–H groups in total. The molecule has 0 saturated carbocycles. The fourth-order valence-corrected chi connectivity index (χ4v) is 3.68. The van der Waals surface area contributed by atoms with Gasteiger partial charge in [0.1, 0.15) is 6.54 Å². The number of hydrogen-bond donors (Lipinski definition) is 1. The number of hydrogen-bond acceptors (Lipinski definition) is 4. The van der Waals surface area contributed by atoms with Crippen LogP contribution in [0.25, 0.3) is 11.2 Å². The number of carbonyl (C=O) groups is 1. The number of anilines is 1. The van der Waals surface area contributed by atoms with Gasteiger partial charge in [0.15, 0.2) is 11.2 Å². The number of para-hydroxylation sites is 1. The molecule has 0 bridgehead atoms. The van der Waals surface area contributed by atoms with Gasteiger partial charge < -0.3 is 9.88 Å². The third-order valence-electron chi connectivity index (χ3n) is 5.09. The van der Waals surface area contributed by atoms with E-state index in [0.717, 1.165) is 10.1 Å². The van der Waals surface area contributed by atoms with Crippen molar-refractivity contribution in [3.63, 3.8) is 0 Å². The van der Waals surface area contributed by atoms with Crippen LogP contribution in [0.4, 0.5) is 5.69 Å². The van der Waals surface area contributed by atoms with Gasteiger partial charge in [-0.1, -0.05) is 62.4 Å². The summed E-state index contributed by atoms with van der Waals surface area (Å²) in [5.74, 6) is -0.174. The summed E-state index contributed by atoms with van der Waals surface area (Å²) in [6, 6.07) is 18.4. The first-order chi connectivity index (χ1) is 15.4. The number of rotatable bonds is 7. The van der Waals surface area contributed by atoms with Crippen LogP contribution in [0.2, 0.25) is 0 Å². The minimum atomic E-state index is -0.565. The lowest BCUT2D eigenvalue weighted by atomic mass is 10.2. The number of imidazole rings is 1. The summed E-state index contributed by atoms with van der Waals surface area (Å²) in [7, 11) is 0. The summed E-state index contributed by atoms with van der Waals surface area (Å²) in [6.07, 6.45) is 1.58. The Morgan fingerprint density at radius 2 is 1.62 bits per heavy atom. The van der Waals surface area contributed by atoms with Crippen molar-refractivity contribution in [2.45, 2.75) is 33.5 Å². The fraction of sp³-hybridized carbons (Fsp3) is 0.250. The third kappa shape index (κ3) is 4.39. The van der Waals surface area contributed by atoms with Crippen molar-refractivity contribution in [3.05, 3.63) is 93.4 Å². The second-order valence-electron chi connectivity index (χ2n) is 8.12. The maximum absolute atomic E-state index is 13.3. The van der Waals surface area contributed by atoms with Gasteiger partial charge in [-0.25, -0.2) is 14.3 Å². The van der Waals surface area contributed by atoms with Gasteiger partial charge in [-0.15, -0.1) is 0 Å². The van der Waals surface area contributed by atoms with Gasteiger partial charge in [0.25, 0.3) is 5.56 Å². The fourth-order valence-electron chi connectivity index (χ4n) is 3.68. The molecule has 8 nitrogen and oxygen atoms in total.